The summed E-state index contributed by atoms with van der Waals surface area (Å²) in [5.74, 6) is 1.84. The van der Waals surface area contributed by atoms with E-state index in [4.69, 9.17) is 9.73 Å². The third-order valence-electron chi connectivity index (χ3n) is 5.66. The third kappa shape index (κ3) is 3.65. The van der Waals surface area contributed by atoms with E-state index in [0.717, 1.165) is 45.1 Å². The number of rotatable bonds is 3. The molecule has 2 unspecified atom stereocenters. The van der Waals surface area contributed by atoms with E-state index in [1.165, 1.54) is 19.3 Å². The van der Waals surface area contributed by atoms with Crippen LogP contribution in [0.25, 0.3) is 0 Å². The number of nitrogens with zero attached hydrogens (tertiary/aromatic N) is 2. The van der Waals surface area contributed by atoms with Crippen LogP contribution in [0.1, 0.15) is 32.1 Å². The molecular weight excluding hydrogens is 314 g/mol. The normalized spacial score (nSPS) is 37.0. The lowest BCUT2D eigenvalue weighted by atomic mass is 9.87. The van der Waals surface area contributed by atoms with Crippen molar-refractivity contribution in [1.29, 1.82) is 0 Å². The maximum Gasteiger partial charge on any atom is 0.194 e. The summed E-state index contributed by atoms with van der Waals surface area (Å²) in [5.41, 5.74) is 0.322. The highest BCUT2D eigenvalue weighted by Crippen LogP contribution is 2.38. The predicted molar refractivity (Wildman–Crippen MR) is 89.3 cm³/mol. The maximum atomic E-state index is 11.6. The van der Waals surface area contributed by atoms with Gasteiger partial charge in [0.1, 0.15) is 0 Å². The SMILES string of the molecule is O=S1(=O)CCC(CN=C(NC2CC2)N2CCC3(CCOC3)C2)C1. The van der Waals surface area contributed by atoms with Crippen molar-refractivity contribution in [3.63, 3.8) is 0 Å². The molecule has 3 aliphatic heterocycles. The van der Waals surface area contributed by atoms with E-state index in [1.54, 1.807) is 0 Å². The molecule has 4 fully saturated rings. The van der Waals surface area contributed by atoms with Crippen LogP contribution in [0.2, 0.25) is 0 Å². The molecule has 0 aromatic rings. The Morgan fingerprint density at radius 2 is 2.17 bits per heavy atom. The van der Waals surface area contributed by atoms with Gasteiger partial charge in [0.25, 0.3) is 0 Å². The summed E-state index contributed by atoms with van der Waals surface area (Å²) in [7, 11) is -2.81. The monoisotopic (exact) mass is 341 g/mol. The van der Waals surface area contributed by atoms with Gasteiger partial charge in [-0.3, -0.25) is 4.99 Å². The summed E-state index contributed by atoms with van der Waals surface area (Å²) in [6.45, 7) is 4.45. The van der Waals surface area contributed by atoms with E-state index in [1.807, 2.05) is 0 Å². The van der Waals surface area contributed by atoms with Gasteiger partial charge in [0.15, 0.2) is 15.8 Å². The van der Waals surface area contributed by atoms with Crippen molar-refractivity contribution in [2.75, 3.05) is 44.4 Å². The number of ether oxygens (including phenoxy) is 1. The lowest BCUT2D eigenvalue weighted by Crippen LogP contribution is -2.42. The summed E-state index contributed by atoms with van der Waals surface area (Å²) >= 11 is 0. The Morgan fingerprint density at radius 1 is 1.30 bits per heavy atom. The Kier molecular flexibility index (Phi) is 4.04. The summed E-state index contributed by atoms with van der Waals surface area (Å²) in [5, 5.41) is 3.57. The van der Waals surface area contributed by atoms with Crippen LogP contribution in [-0.4, -0.2) is 69.7 Å². The number of aliphatic imine (C=N–C) groups is 1. The van der Waals surface area contributed by atoms with E-state index < -0.39 is 9.84 Å². The van der Waals surface area contributed by atoms with Crippen molar-refractivity contribution < 1.29 is 13.2 Å². The van der Waals surface area contributed by atoms with E-state index in [2.05, 4.69) is 10.2 Å². The molecule has 1 N–H and O–H groups in total. The minimum atomic E-state index is -2.81. The molecule has 3 heterocycles. The molecule has 0 radical (unpaired) electrons. The van der Waals surface area contributed by atoms with Gasteiger partial charge in [0.05, 0.1) is 18.1 Å². The van der Waals surface area contributed by atoms with Crippen LogP contribution in [0, 0.1) is 11.3 Å². The molecule has 7 heteroatoms. The highest BCUT2D eigenvalue weighted by Gasteiger charge is 2.42. The molecule has 4 rings (SSSR count). The number of nitrogens with one attached hydrogen (secondary N) is 1. The maximum absolute atomic E-state index is 11.6. The molecule has 1 aliphatic carbocycles. The molecule has 2 atom stereocenters. The highest BCUT2D eigenvalue weighted by atomic mass is 32.2. The van der Waals surface area contributed by atoms with Crippen molar-refractivity contribution in [1.82, 2.24) is 10.2 Å². The van der Waals surface area contributed by atoms with Crippen LogP contribution in [0.4, 0.5) is 0 Å². The zero-order valence-electron chi connectivity index (χ0n) is 13.7. The molecule has 130 valence electrons. The zero-order chi connectivity index (χ0) is 15.9. The van der Waals surface area contributed by atoms with Crippen LogP contribution in [-0.2, 0) is 14.6 Å². The Balaban J connectivity index is 1.41. The molecule has 0 amide bonds. The fraction of sp³-hybridized carbons (Fsp3) is 0.938. The lowest BCUT2D eigenvalue weighted by molar-refractivity contribution is 0.156. The fourth-order valence-electron chi connectivity index (χ4n) is 3.97. The van der Waals surface area contributed by atoms with Crippen LogP contribution in [0.15, 0.2) is 4.99 Å². The van der Waals surface area contributed by atoms with Gasteiger partial charge in [-0.1, -0.05) is 0 Å². The summed E-state index contributed by atoms with van der Waals surface area (Å²) in [6.07, 6.45) is 5.54. The molecule has 0 aromatic carbocycles. The number of sulfone groups is 1. The van der Waals surface area contributed by atoms with Crippen LogP contribution in [0.3, 0.4) is 0 Å². The van der Waals surface area contributed by atoms with Crippen molar-refractivity contribution in [3.05, 3.63) is 0 Å². The zero-order valence-corrected chi connectivity index (χ0v) is 14.5. The van der Waals surface area contributed by atoms with E-state index in [0.29, 0.717) is 29.5 Å². The summed E-state index contributed by atoms with van der Waals surface area (Å²) < 4.78 is 28.8. The second kappa shape index (κ2) is 5.92. The average molecular weight is 341 g/mol. The van der Waals surface area contributed by atoms with Gasteiger partial charge < -0.3 is 15.0 Å². The molecular formula is C16H27N3O3S. The molecule has 4 aliphatic rings. The van der Waals surface area contributed by atoms with Gasteiger partial charge in [0, 0.05) is 37.7 Å². The minimum Gasteiger partial charge on any atom is -0.381 e. The van der Waals surface area contributed by atoms with Crippen LogP contribution < -0.4 is 5.32 Å². The van der Waals surface area contributed by atoms with Crippen molar-refractivity contribution in [3.8, 4) is 0 Å². The molecule has 6 nitrogen and oxygen atoms in total. The first kappa shape index (κ1) is 15.7. The summed E-state index contributed by atoms with van der Waals surface area (Å²) in [4.78, 5) is 7.19. The van der Waals surface area contributed by atoms with E-state index in [-0.39, 0.29) is 5.92 Å². The number of hydrogen-bond acceptors (Lipinski definition) is 4. The molecule has 0 bridgehead atoms. The predicted octanol–water partition coefficient (Wildman–Crippen LogP) is 0.642. The van der Waals surface area contributed by atoms with Crippen molar-refractivity contribution >= 4 is 15.8 Å². The Morgan fingerprint density at radius 3 is 2.83 bits per heavy atom. The standard InChI is InChI=1S/C16H27N3O3S/c20-23(21)8-3-13(10-23)9-17-15(18-14-1-2-14)19-6-4-16(11-19)5-7-22-12-16/h13-14H,1-12H2,(H,17,18). The van der Waals surface area contributed by atoms with Crippen molar-refractivity contribution in [2.45, 2.75) is 38.1 Å². The first-order valence-electron chi connectivity index (χ1n) is 8.88. The third-order valence-corrected chi connectivity index (χ3v) is 7.50. The number of hydrogen-bond donors (Lipinski definition) is 1. The first-order chi connectivity index (χ1) is 11.0. The van der Waals surface area contributed by atoms with Gasteiger partial charge in [-0.25, -0.2) is 8.42 Å². The topological polar surface area (TPSA) is 71.0 Å². The van der Waals surface area contributed by atoms with Gasteiger partial charge in [0.2, 0.25) is 0 Å². The number of guanidine groups is 1. The smallest absolute Gasteiger partial charge is 0.194 e. The van der Waals surface area contributed by atoms with Crippen molar-refractivity contribution in [2.24, 2.45) is 16.3 Å². The fourth-order valence-corrected chi connectivity index (χ4v) is 5.82. The van der Waals surface area contributed by atoms with Crippen LogP contribution >= 0.6 is 0 Å². The highest BCUT2D eigenvalue weighted by molar-refractivity contribution is 7.91. The number of likely N-dealkylation sites (tertiary alicyclic amines) is 1. The van der Waals surface area contributed by atoms with Gasteiger partial charge in [-0.05, 0) is 38.0 Å². The Hall–Kier alpha value is -0.820. The average Bonchev–Trinajstić information content (AvgIpc) is 2.93. The summed E-state index contributed by atoms with van der Waals surface area (Å²) in [6, 6.07) is 0.567. The van der Waals surface area contributed by atoms with E-state index in [9.17, 15) is 8.42 Å². The van der Waals surface area contributed by atoms with Crippen LogP contribution in [0.5, 0.6) is 0 Å². The van der Waals surface area contributed by atoms with Gasteiger partial charge >= 0.3 is 0 Å². The quantitative estimate of drug-likeness (QED) is 0.603. The van der Waals surface area contributed by atoms with Gasteiger partial charge in [-0.15, -0.1) is 0 Å². The molecule has 0 aromatic heterocycles. The molecule has 23 heavy (non-hydrogen) atoms. The largest absolute Gasteiger partial charge is 0.381 e. The molecule has 1 saturated carbocycles. The second-order valence-corrected chi connectivity index (χ2v) is 10.1. The molecule has 1 spiro atoms. The second-order valence-electron chi connectivity index (χ2n) is 7.83. The minimum absolute atomic E-state index is 0.197. The lowest BCUT2D eigenvalue weighted by Gasteiger charge is -2.25. The Labute approximate surface area is 138 Å². The molecule has 3 saturated heterocycles. The first-order valence-corrected chi connectivity index (χ1v) is 10.7. The van der Waals surface area contributed by atoms with Gasteiger partial charge in [-0.2, -0.15) is 0 Å². The van der Waals surface area contributed by atoms with E-state index >= 15 is 0 Å². The Bertz CT molecular complexity index is 579.